The van der Waals surface area contributed by atoms with Gasteiger partial charge in [-0.3, -0.25) is 4.79 Å². The minimum Gasteiger partial charge on any atom is -0.321 e. The minimum atomic E-state index is -0.188. The van der Waals surface area contributed by atoms with Crippen LogP contribution in [0.3, 0.4) is 0 Å². The first kappa shape index (κ1) is 15.4. The van der Waals surface area contributed by atoms with Crippen molar-refractivity contribution in [2.45, 2.75) is 12.8 Å². The number of halogens is 3. The second-order valence-corrected chi connectivity index (χ2v) is 5.89. The molecule has 0 unspecified atom stereocenters. The molecule has 0 saturated heterocycles. The summed E-state index contributed by atoms with van der Waals surface area (Å²) in [5.74, 6) is 0.243. The van der Waals surface area contributed by atoms with Gasteiger partial charge in [0.25, 0.3) is 5.91 Å². The number of rotatable bonds is 3. The van der Waals surface area contributed by atoms with Gasteiger partial charge in [0.05, 0.1) is 5.69 Å². The van der Waals surface area contributed by atoms with E-state index in [0.717, 1.165) is 15.6 Å². The van der Waals surface area contributed by atoms with Gasteiger partial charge in [-0.1, -0.05) is 23.7 Å². The van der Waals surface area contributed by atoms with E-state index in [4.69, 9.17) is 23.2 Å². The average Bonchev–Trinajstić information content (AvgIpc) is 2.44. The molecule has 1 amide bonds. The van der Waals surface area contributed by atoms with Gasteiger partial charge in [0.15, 0.2) is 0 Å². The third kappa shape index (κ3) is 3.54. The molecular formula is C15H12BrCl2NO. The second kappa shape index (κ2) is 6.61. The molecule has 2 aromatic rings. The normalized spacial score (nSPS) is 10.4. The van der Waals surface area contributed by atoms with Crippen molar-refractivity contribution in [3.8, 4) is 0 Å². The predicted octanol–water partition coefficient (Wildman–Crippen LogP) is 5.40. The number of hydrogen-bond donors (Lipinski definition) is 1. The molecule has 0 spiro atoms. The molecule has 20 heavy (non-hydrogen) atoms. The summed E-state index contributed by atoms with van der Waals surface area (Å²) in [6.07, 6.45) is 0. The molecular weight excluding hydrogens is 361 g/mol. The van der Waals surface area contributed by atoms with Crippen LogP contribution in [0.15, 0.2) is 40.9 Å². The number of benzene rings is 2. The van der Waals surface area contributed by atoms with Gasteiger partial charge in [0.1, 0.15) is 0 Å². The molecule has 0 aliphatic heterocycles. The number of nitrogens with one attached hydrogen (secondary N) is 1. The van der Waals surface area contributed by atoms with Crippen molar-refractivity contribution in [2.75, 3.05) is 5.32 Å². The fourth-order valence-corrected chi connectivity index (χ4v) is 2.58. The van der Waals surface area contributed by atoms with Gasteiger partial charge in [-0.15, -0.1) is 11.6 Å². The van der Waals surface area contributed by atoms with Crippen molar-refractivity contribution >= 4 is 50.7 Å². The number of aryl methyl sites for hydroxylation is 1. The number of amides is 1. The molecule has 0 heterocycles. The van der Waals surface area contributed by atoms with E-state index >= 15 is 0 Å². The van der Waals surface area contributed by atoms with Gasteiger partial charge >= 0.3 is 0 Å². The molecule has 104 valence electrons. The monoisotopic (exact) mass is 371 g/mol. The SMILES string of the molecule is Cc1cc(Br)c(NC(=O)c2ccc(CCl)cc2)cc1Cl. The Morgan fingerprint density at radius 2 is 1.90 bits per heavy atom. The van der Waals surface area contributed by atoms with Crippen LogP contribution in [0, 0.1) is 6.92 Å². The van der Waals surface area contributed by atoms with Crippen molar-refractivity contribution in [2.24, 2.45) is 0 Å². The standard InChI is InChI=1S/C15H12BrCl2NO/c1-9-6-12(16)14(7-13(9)18)19-15(20)11-4-2-10(8-17)3-5-11/h2-7H,8H2,1H3,(H,19,20). The first-order valence-corrected chi connectivity index (χ1v) is 7.63. The Morgan fingerprint density at radius 3 is 2.50 bits per heavy atom. The van der Waals surface area contributed by atoms with Crippen LogP contribution in [0.5, 0.6) is 0 Å². The zero-order chi connectivity index (χ0) is 14.7. The highest BCUT2D eigenvalue weighted by atomic mass is 79.9. The van der Waals surface area contributed by atoms with Crippen LogP contribution < -0.4 is 5.32 Å². The van der Waals surface area contributed by atoms with E-state index < -0.39 is 0 Å². The maximum absolute atomic E-state index is 12.2. The van der Waals surface area contributed by atoms with E-state index in [1.807, 2.05) is 25.1 Å². The summed E-state index contributed by atoms with van der Waals surface area (Å²) in [5, 5.41) is 3.44. The molecule has 0 aromatic heterocycles. The summed E-state index contributed by atoms with van der Waals surface area (Å²) in [4.78, 5) is 12.2. The van der Waals surface area contributed by atoms with Crippen LogP contribution >= 0.6 is 39.1 Å². The molecule has 1 N–H and O–H groups in total. The summed E-state index contributed by atoms with van der Waals surface area (Å²) >= 11 is 15.2. The van der Waals surface area contributed by atoms with Crippen LogP contribution in [0.1, 0.15) is 21.5 Å². The quantitative estimate of drug-likeness (QED) is 0.717. The number of carbonyl (C=O) groups excluding carboxylic acids is 1. The first-order valence-electron chi connectivity index (χ1n) is 5.93. The van der Waals surface area contributed by atoms with Gasteiger partial charge in [0, 0.05) is 20.9 Å². The summed E-state index contributed by atoms with van der Waals surface area (Å²) in [7, 11) is 0. The third-order valence-electron chi connectivity index (χ3n) is 2.87. The molecule has 0 radical (unpaired) electrons. The molecule has 0 atom stereocenters. The van der Waals surface area contributed by atoms with Crippen molar-refractivity contribution in [1.29, 1.82) is 0 Å². The van der Waals surface area contributed by atoms with Crippen LogP contribution in [-0.2, 0) is 5.88 Å². The zero-order valence-electron chi connectivity index (χ0n) is 10.7. The van der Waals surface area contributed by atoms with E-state index in [0.29, 0.717) is 22.2 Å². The molecule has 0 aliphatic rings. The molecule has 5 heteroatoms. The fourth-order valence-electron chi connectivity index (χ4n) is 1.68. The third-order valence-corrected chi connectivity index (χ3v) is 4.24. The van der Waals surface area contributed by atoms with E-state index in [9.17, 15) is 4.79 Å². The number of alkyl halides is 1. The molecule has 2 aromatic carbocycles. The Bertz CT molecular complexity index is 641. The Labute approximate surface area is 136 Å². The highest BCUT2D eigenvalue weighted by Crippen LogP contribution is 2.29. The summed E-state index contributed by atoms with van der Waals surface area (Å²) in [5.41, 5.74) is 3.14. The molecule has 0 fully saturated rings. The maximum Gasteiger partial charge on any atom is 0.255 e. The van der Waals surface area contributed by atoms with Gasteiger partial charge < -0.3 is 5.32 Å². The van der Waals surface area contributed by atoms with E-state index in [2.05, 4.69) is 21.2 Å². The highest BCUT2D eigenvalue weighted by molar-refractivity contribution is 9.10. The van der Waals surface area contributed by atoms with E-state index in [1.165, 1.54) is 0 Å². The maximum atomic E-state index is 12.2. The number of anilines is 1. The smallest absolute Gasteiger partial charge is 0.255 e. The van der Waals surface area contributed by atoms with E-state index in [1.54, 1.807) is 18.2 Å². The van der Waals surface area contributed by atoms with Crippen molar-refractivity contribution in [3.05, 3.63) is 62.6 Å². The number of carbonyl (C=O) groups is 1. The fraction of sp³-hybridized carbons (Fsp3) is 0.133. The number of hydrogen-bond acceptors (Lipinski definition) is 1. The Kier molecular flexibility index (Phi) is 5.08. The van der Waals surface area contributed by atoms with Gasteiger partial charge in [-0.05, 0) is 58.2 Å². The molecule has 0 aliphatic carbocycles. The Morgan fingerprint density at radius 1 is 1.25 bits per heavy atom. The average molecular weight is 373 g/mol. The largest absolute Gasteiger partial charge is 0.321 e. The van der Waals surface area contributed by atoms with Crippen molar-refractivity contribution < 1.29 is 4.79 Å². The first-order chi connectivity index (χ1) is 9.51. The summed E-state index contributed by atoms with van der Waals surface area (Å²) in [6.45, 7) is 1.91. The van der Waals surface area contributed by atoms with Crippen molar-refractivity contribution in [1.82, 2.24) is 0 Å². The summed E-state index contributed by atoms with van der Waals surface area (Å²) < 4.78 is 0.796. The van der Waals surface area contributed by atoms with Crippen LogP contribution in [-0.4, -0.2) is 5.91 Å². The highest BCUT2D eigenvalue weighted by Gasteiger charge is 2.10. The Balaban J connectivity index is 2.20. The molecule has 2 nitrogen and oxygen atoms in total. The molecule has 2 rings (SSSR count). The lowest BCUT2D eigenvalue weighted by atomic mass is 10.1. The minimum absolute atomic E-state index is 0.188. The molecule has 0 saturated carbocycles. The molecule has 0 bridgehead atoms. The predicted molar refractivity (Wildman–Crippen MR) is 87.8 cm³/mol. The van der Waals surface area contributed by atoms with Crippen LogP contribution in [0.25, 0.3) is 0 Å². The van der Waals surface area contributed by atoms with E-state index in [-0.39, 0.29) is 5.91 Å². The van der Waals surface area contributed by atoms with Gasteiger partial charge in [-0.25, -0.2) is 0 Å². The summed E-state index contributed by atoms with van der Waals surface area (Å²) in [6, 6.07) is 10.8. The van der Waals surface area contributed by atoms with Crippen LogP contribution in [0.4, 0.5) is 5.69 Å². The zero-order valence-corrected chi connectivity index (χ0v) is 13.8. The van der Waals surface area contributed by atoms with Gasteiger partial charge in [-0.2, -0.15) is 0 Å². The topological polar surface area (TPSA) is 29.1 Å². The van der Waals surface area contributed by atoms with Crippen LogP contribution in [0.2, 0.25) is 5.02 Å². The Hall–Kier alpha value is -1.03. The lowest BCUT2D eigenvalue weighted by Crippen LogP contribution is -2.12. The van der Waals surface area contributed by atoms with Crippen molar-refractivity contribution in [3.63, 3.8) is 0 Å². The lowest BCUT2D eigenvalue weighted by Gasteiger charge is -2.10. The lowest BCUT2D eigenvalue weighted by molar-refractivity contribution is 0.102. The second-order valence-electron chi connectivity index (χ2n) is 4.37. The van der Waals surface area contributed by atoms with Gasteiger partial charge in [0.2, 0.25) is 0 Å².